The zero-order chi connectivity index (χ0) is 13.1. The fourth-order valence-corrected chi connectivity index (χ4v) is 2.22. The average Bonchev–Trinajstić information content (AvgIpc) is 2.32. The van der Waals surface area contributed by atoms with E-state index in [4.69, 9.17) is 11.6 Å². The minimum Gasteiger partial charge on any atom is -0.322 e. The van der Waals surface area contributed by atoms with Crippen LogP contribution in [0.5, 0.6) is 0 Å². The third-order valence-corrected chi connectivity index (χ3v) is 3.81. The van der Waals surface area contributed by atoms with Crippen LogP contribution >= 0.6 is 27.5 Å². The normalized spacial score (nSPS) is 10.2. The van der Waals surface area contributed by atoms with Crippen LogP contribution in [-0.4, -0.2) is 5.91 Å². The second-order valence-electron chi connectivity index (χ2n) is 3.90. The van der Waals surface area contributed by atoms with E-state index in [1.165, 1.54) is 0 Å². The molecule has 0 unspecified atom stereocenters. The van der Waals surface area contributed by atoms with Gasteiger partial charge in [0.15, 0.2) is 0 Å². The van der Waals surface area contributed by atoms with Crippen molar-refractivity contribution in [1.29, 1.82) is 0 Å². The molecule has 2 aromatic carbocycles. The van der Waals surface area contributed by atoms with Gasteiger partial charge in [0.1, 0.15) is 0 Å². The highest BCUT2D eigenvalue weighted by atomic mass is 79.9. The van der Waals surface area contributed by atoms with Crippen LogP contribution in [0.2, 0.25) is 5.02 Å². The highest BCUT2D eigenvalue weighted by Gasteiger charge is 2.11. The quantitative estimate of drug-likeness (QED) is 0.855. The Bertz CT molecular complexity index is 598. The summed E-state index contributed by atoms with van der Waals surface area (Å²) in [6, 6.07) is 12.6. The van der Waals surface area contributed by atoms with Gasteiger partial charge in [-0.25, -0.2) is 0 Å². The first-order valence-electron chi connectivity index (χ1n) is 5.40. The molecule has 0 aliphatic rings. The molecule has 0 fully saturated rings. The summed E-state index contributed by atoms with van der Waals surface area (Å²) in [5, 5.41) is 3.41. The molecule has 0 atom stereocenters. The zero-order valence-electron chi connectivity index (χ0n) is 9.71. The van der Waals surface area contributed by atoms with Gasteiger partial charge in [0.05, 0.1) is 5.56 Å². The molecule has 0 aliphatic heterocycles. The summed E-state index contributed by atoms with van der Waals surface area (Å²) >= 11 is 9.29. The molecule has 0 saturated heterocycles. The van der Waals surface area contributed by atoms with Crippen molar-refractivity contribution < 1.29 is 4.79 Å². The molecule has 92 valence electrons. The van der Waals surface area contributed by atoms with Crippen molar-refractivity contribution in [3.05, 3.63) is 63.1 Å². The van der Waals surface area contributed by atoms with E-state index in [-0.39, 0.29) is 5.91 Å². The Morgan fingerprint density at radius 2 is 1.94 bits per heavy atom. The summed E-state index contributed by atoms with van der Waals surface area (Å²) in [5.74, 6) is -0.159. The van der Waals surface area contributed by atoms with Crippen molar-refractivity contribution in [1.82, 2.24) is 0 Å². The van der Waals surface area contributed by atoms with Crippen LogP contribution in [0, 0.1) is 6.92 Å². The molecule has 0 heterocycles. The molecule has 1 amide bonds. The fraction of sp³-hybridized carbons (Fsp3) is 0.0714. The number of anilines is 1. The predicted molar refractivity (Wildman–Crippen MR) is 78.3 cm³/mol. The molecule has 2 rings (SSSR count). The van der Waals surface area contributed by atoms with Crippen LogP contribution in [0.15, 0.2) is 46.9 Å². The highest BCUT2D eigenvalue weighted by Crippen LogP contribution is 2.22. The molecule has 0 aliphatic carbocycles. The Morgan fingerprint density at radius 3 is 2.67 bits per heavy atom. The van der Waals surface area contributed by atoms with Gasteiger partial charge in [0, 0.05) is 15.2 Å². The lowest BCUT2D eigenvalue weighted by Gasteiger charge is -2.08. The topological polar surface area (TPSA) is 29.1 Å². The van der Waals surface area contributed by atoms with Gasteiger partial charge in [-0.05, 0) is 52.7 Å². The van der Waals surface area contributed by atoms with E-state index in [9.17, 15) is 4.79 Å². The van der Waals surface area contributed by atoms with Gasteiger partial charge in [-0.2, -0.15) is 0 Å². The molecule has 0 bridgehead atoms. The number of aryl methyl sites for hydroxylation is 1. The molecule has 18 heavy (non-hydrogen) atoms. The monoisotopic (exact) mass is 323 g/mol. The summed E-state index contributed by atoms with van der Waals surface area (Å²) in [4.78, 5) is 12.1. The van der Waals surface area contributed by atoms with Gasteiger partial charge in [0.2, 0.25) is 0 Å². The van der Waals surface area contributed by atoms with Gasteiger partial charge in [-0.15, -0.1) is 0 Å². The van der Waals surface area contributed by atoms with E-state index in [0.29, 0.717) is 16.3 Å². The summed E-state index contributed by atoms with van der Waals surface area (Å²) in [5.41, 5.74) is 2.31. The number of hydrogen-bond acceptors (Lipinski definition) is 1. The number of rotatable bonds is 2. The second-order valence-corrected chi connectivity index (χ2v) is 5.13. The van der Waals surface area contributed by atoms with Crippen LogP contribution in [0.1, 0.15) is 15.9 Å². The lowest BCUT2D eigenvalue weighted by Crippen LogP contribution is -2.12. The standard InChI is InChI=1S/C14H11BrClNO/c1-9-4-2-7-12(13(9)15)14(18)17-11-6-3-5-10(16)8-11/h2-8H,1H3,(H,17,18). The van der Waals surface area contributed by atoms with Gasteiger partial charge in [0.25, 0.3) is 5.91 Å². The van der Waals surface area contributed by atoms with E-state index in [1.807, 2.05) is 19.1 Å². The maximum absolute atomic E-state index is 12.1. The fourth-order valence-electron chi connectivity index (χ4n) is 1.59. The molecule has 1 N–H and O–H groups in total. The average molecular weight is 325 g/mol. The van der Waals surface area contributed by atoms with Crippen molar-refractivity contribution in [2.45, 2.75) is 6.92 Å². The smallest absolute Gasteiger partial charge is 0.256 e. The molecular formula is C14H11BrClNO. The number of amides is 1. The number of nitrogens with one attached hydrogen (secondary N) is 1. The molecule has 0 spiro atoms. The van der Waals surface area contributed by atoms with E-state index in [0.717, 1.165) is 10.0 Å². The maximum Gasteiger partial charge on any atom is 0.256 e. The number of carbonyl (C=O) groups is 1. The second kappa shape index (κ2) is 5.55. The van der Waals surface area contributed by atoms with Crippen LogP contribution in [-0.2, 0) is 0 Å². The van der Waals surface area contributed by atoms with Crippen molar-refractivity contribution in [3.63, 3.8) is 0 Å². The summed E-state index contributed by atoms with van der Waals surface area (Å²) in [7, 11) is 0. The lowest BCUT2D eigenvalue weighted by atomic mass is 10.1. The van der Waals surface area contributed by atoms with Crippen molar-refractivity contribution in [2.24, 2.45) is 0 Å². The van der Waals surface area contributed by atoms with E-state index in [2.05, 4.69) is 21.2 Å². The number of carbonyl (C=O) groups excluding carboxylic acids is 1. The van der Waals surface area contributed by atoms with Crippen molar-refractivity contribution in [2.75, 3.05) is 5.32 Å². The highest BCUT2D eigenvalue weighted by molar-refractivity contribution is 9.10. The van der Waals surface area contributed by atoms with Gasteiger partial charge in [-0.3, -0.25) is 4.79 Å². The zero-order valence-corrected chi connectivity index (χ0v) is 12.0. The number of hydrogen-bond donors (Lipinski definition) is 1. The van der Waals surface area contributed by atoms with Crippen LogP contribution in [0.3, 0.4) is 0 Å². The van der Waals surface area contributed by atoms with Crippen LogP contribution in [0.4, 0.5) is 5.69 Å². The van der Waals surface area contributed by atoms with Gasteiger partial charge < -0.3 is 5.32 Å². The molecule has 2 nitrogen and oxygen atoms in total. The molecule has 0 aromatic heterocycles. The predicted octanol–water partition coefficient (Wildman–Crippen LogP) is 4.66. The third kappa shape index (κ3) is 2.92. The first-order chi connectivity index (χ1) is 8.58. The Morgan fingerprint density at radius 1 is 1.22 bits per heavy atom. The first kappa shape index (κ1) is 13.1. The maximum atomic E-state index is 12.1. The third-order valence-electron chi connectivity index (χ3n) is 2.52. The largest absolute Gasteiger partial charge is 0.322 e. The number of halogens is 2. The Hall–Kier alpha value is -1.32. The lowest BCUT2D eigenvalue weighted by molar-refractivity contribution is 0.102. The Balaban J connectivity index is 2.25. The summed E-state index contributed by atoms with van der Waals surface area (Å²) < 4.78 is 0.810. The van der Waals surface area contributed by atoms with E-state index in [1.54, 1.807) is 30.3 Å². The van der Waals surface area contributed by atoms with Gasteiger partial charge >= 0.3 is 0 Å². The molecule has 4 heteroatoms. The molecule has 0 radical (unpaired) electrons. The summed E-state index contributed by atoms with van der Waals surface area (Å²) in [6.45, 7) is 1.94. The number of benzene rings is 2. The van der Waals surface area contributed by atoms with Crippen molar-refractivity contribution >= 4 is 39.1 Å². The van der Waals surface area contributed by atoms with Crippen LogP contribution in [0.25, 0.3) is 0 Å². The molecule has 2 aromatic rings. The van der Waals surface area contributed by atoms with Crippen molar-refractivity contribution in [3.8, 4) is 0 Å². The minimum atomic E-state index is -0.159. The minimum absolute atomic E-state index is 0.159. The molecule has 0 saturated carbocycles. The summed E-state index contributed by atoms with van der Waals surface area (Å²) in [6.07, 6.45) is 0. The molecular weight excluding hydrogens is 314 g/mol. The Labute approximate surface area is 119 Å². The first-order valence-corrected chi connectivity index (χ1v) is 6.57. The van der Waals surface area contributed by atoms with Gasteiger partial charge in [-0.1, -0.05) is 29.8 Å². The van der Waals surface area contributed by atoms with Crippen LogP contribution < -0.4 is 5.32 Å². The van der Waals surface area contributed by atoms with E-state index >= 15 is 0 Å². The Kier molecular flexibility index (Phi) is 4.04. The SMILES string of the molecule is Cc1cccc(C(=O)Nc2cccc(Cl)c2)c1Br. The van der Waals surface area contributed by atoms with E-state index < -0.39 is 0 Å².